The van der Waals surface area contributed by atoms with E-state index in [4.69, 9.17) is 9.84 Å². The Hall–Kier alpha value is -3.59. The lowest BCUT2D eigenvalue weighted by atomic mass is 9.90. The van der Waals surface area contributed by atoms with Gasteiger partial charge in [-0.15, -0.1) is 0 Å². The third-order valence-corrected chi connectivity index (χ3v) is 10.4. The largest absolute Gasteiger partial charge is 0.372 e. The van der Waals surface area contributed by atoms with Gasteiger partial charge >= 0.3 is 0 Å². The van der Waals surface area contributed by atoms with Gasteiger partial charge in [-0.25, -0.2) is 9.07 Å². The highest BCUT2D eigenvalue weighted by Gasteiger charge is 2.23. The molecule has 10 heteroatoms. The topological polar surface area (TPSA) is 89.6 Å². The minimum absolute atomic E-state index is 0.265. The average molecular weight is 643 g/mol. The molecule has 0 saturated carbocycles. The number of likely N-dealkylation sites (N-methyl/N-ethyl adjacent to an activating group) is 2. The smallest absolute Gasteiger partial charge is 0.140 e. The third kappa shape index (κ3) is 7.51. The van der Waals surface area contributed by atoms with Gasteiger partial charge in [0.1, 0.15) is 24.5 Å². The van der Waals surface area contributed by atoms with Crippen LogP contribution in [0.1, 0.15) is 27.8 Å². The molecule has 0 bridgehead atoms. The van der Waals surface area contributed by atoms with E-state index >= 15 is 4.39 Å². The number of halogens is 1. The molecule has 0 fully saturated rings. The Morgan fingerprint density at radius 2 is 1.89 bits per heavy atom. The van der Waals surface area contributed by atoms with Crippen LogP contribution in [0.3, 0.4) is 0 Å². The van der Waals surface area contributed by atoms with E-state index < -0.39 is 20.1 Å². The fourth-order valence-electron chi connectivity index (χ4n) is 6.31. The number of hydrogen-bond donors (Lipinski definition) is 2. The number of hydrogen-bond acceptors (Lipinski definition) is 7. The maximum Gasteiger partial charge on any atom is 0.140 e. The van der Waals surface area contributed by atoms with Crippen molar-refractivity contribution in [1.82, 2.24) is 19.6 Å². The van der Waals surface area contributed by atoms with Crippen LogP contribution in [0.5, 0.6) is 0 Å². The van der Waals surface area contributed by atoms with Crippen molar-refractivity contribution in [1.29, 1.82) is 5.26 Å². The molecule has 8 nitrogen and oxygen atoms in total. The summed E-state index contributed by atoms with van der Waals surface area (Å²) in [6, 6.07) is 14.7. The first-order chi connectivity index (χ1) is 21.7. The van der Waals surface area contributed by atoms with Gasteiger partial charge < -0.3 is 25.0 Å². The van der Waals surface area contributed by atoms with Crippen LogP contribution in [0.2, 0.25) is 25.7 Å². The molecule has 1 unspecified atom stereocenters. The number of anilines is 1. The molecule has 2 N–H and O–H groups in total. The molecule has 5 rings (SSSR count). The van der Waals surface area contributed by atoms with Gasteiger partial charge in [0.2, 0.25) is 0 Å². The van der Waals surface area contributed by atoms with Gasteiger partial charge in [-0.3, -0.25) is 0 Å². The Bertz CT molecular complexity index is 1770. The van der Waals surface area contributed by atoms with E-state index in [1.165, 1.54) is 22.8 Å². The molecule has 1 atom stereocenters. The SMILES string of the molecule is Cc1cc(-c2nn(COCC[Si](C)(C)C)c3cc(C#N)c(-c4c(C)cc(NC(O)CN(C)C)cc4F)cc23)cc2c1CCN(C)C2. The van der Waals surface area contributed by atoms with E-state index in [0.29, 0.717) is 41.1 Å². The van der Waals surface area contributed by atoms with Crippen LogP contribution in [0.25, 0.3) is 33.3 Å². The van der Waals surface area contributed by atoms with Crippen molar-refractivity contribution in [3.63, 3.8) is 0 Å². The minimum atomic E-state index is -1.27. The summed E-state index contributed by atoms with van der Waals surface area (Å²) in [5, 5.41) is 29.6. The lowest BCUT2D eigenvalue weighted by molar-refractivity contribution is 0.0818. The molecule has 0 aliphatic carbocycles. The summed E-state index contributed by atoms with van der Waals surface area (Å²) in [7, 11) is 4.59. The van der Waals surface area contributed by atoms with Crippen molar-refractivity contribution in [3.05, 3.63) is 70.0 Å². The van der Waals surface area contributed by atoms with Crippen LogP contribution >= 0.6 is 0 Å². The second-order valence-electron chi connectivity index (χ2n) is 14.2. The van der Waals surface area contributed by atoms with Crippen LogP contribution < -0.4 is 5.32 Å². The van der Waals surface area contributed by atoms with Gasteiger partial charge in [-0.1, -0.05) is 19.6 Å². The van der Waals surface area contributed by atoms with Crippen LogP contribution in [0.15, 0.2) is 36.4 Å². The number of rotatable bonds is 11. The molecule has 0 amide bonds. The zero-order valence-corrected chi connectivity index (χ0v) is 29.5. The van der Waals surface area contributed by atoms with Crippen molar-refractivity contribution in [3.8, 4) is 28.5 Å². The predicted octanol–water partition coefficient (Wildman–Crippen LogP) is 6.59. The molecule has 0 saturated heterocycles. The highest BCUT2D eigenvalue weighted by molar-refractivity contribution is 6.76. The van der Waals surface area contributed by atoms with Gasteiger partial charge in [0, 0.05) is 62.1 Å². The Balaban J connectivity index is 1.63. The summed E-state index contributed by atoms with van der Waals surface area (Å²) in [6.07, 6.45) is 0.162. The number of aryl methyl sites for hydroxylation is 2. The zero-order chi connectivity index (χ0) is 33.3. The number of fused-ring (bicyclic) bond motifs is 2. The predicted molar refractivity (Wildman–Crippen MR) is 187 cm³/mol. The highest BCUT2D eigenvalue weighted by atomic mass is 28.3. The summed E-state index contributed by atoms with van der Waals surface area (Å²) >= 11 is 0. The van der Waals surface area contributed by atoms with Crippen molar-refractivity contribution < 1.29 is 14.2 Å². The summed E-state index contributed by atoms with van der Waals surface area (Å²) in [5.41, 5.74) is 8.88. The first kappa shape index (κ1) is 33.8. The molecule has 0 spiro atoms. The minimum Gasteiger partial charge on any atom is -0.372 e. The molecular weight excluding hydrogens is 596 g/mol. The van der Waals surface area contributed by atoms with Crippen LogP contribution in [0.4, 0.5) is 10.1 Å². The first-order valence-corrected chi connectivity index (χ1v) is 19.7. The van der Waals surface area contributed by atoms with Gasteiger partial charge in [0.15, 0.2) is 0 Å². The van der Waals surface area contributed by atoms with Gasteiger partial charge in [0.05, 0.1) is 17.1 Å². The second kappa shape index (κ2) is 13.6. The van der Waals surface area contributed by atoms with E-state index in [-0.39, 0.29) is 6.73 Å². The molecule has 4 aromatic rings. The van der Waals surface area contributed by atoms with E-state index in [1.54, 1.807) is 0 Å². The zero-order valence-electron chi connectivity index (χ0n) is 28.5. The molecule has 1 aromatic heterocycles. The quantitative estimate of drug-likeness (QED) is 0.108. The summed E-state index contributed by atoms with van der Waals surface area (Å²) in [4.78, 5) is 4.18. The number of aliphatic hydroxyl groups is 1. The lowest BCUT2D eigenvalue weighted by Gasteiger charge is -2.26. The first-order valence-electron chi connectivity index (χ1n) is 16.0. The normalized spacial score (nSPS) is 14.5. The molecule has 46 heavy (non-hydrogen) atoms. The Morgan fingerprint density at radius 1 is 1.13 bits per heavy atom. The summed E-state index contributed by atoms with van der Waals surface area (Å²) < 4.78 is 23.9. The molecule has 2 heterocycles. The fraction of sp³-hybridized carbons (Fsp3) is 0.444. The monoisotopic (exact) mass is 642 g/mol. The van der Waals surface area contributed by atoms with Gasteiger partial charge in [-0.2, -0.15) is 10.4 Å². The Morgan fingerprint density at radius 3 is 2.57 bits per heavy atom. The van der Waals surface area contributed by atoms with Crippen molar-refractivity contribution in [2.24, 2.45) is 0 Å². The van der Waals surface area contributed by atoms with E-state index in [9.17, 15) is 10.4 Å². The number of nitrogens with zero attached hydrogens (tertiary/aromatic N) is 5. The Kier molecular flexibility index (Phi) is 10.0. The number of aliphatic hydroxyl groups excluding tert-OH is 1. The molecule has 1 aliphatic rings. The molecule has 244 valence electrons. The van der Waals surface area contributed by atoms with Crippen LogP contribution in [-0.4, -0.2) is 79.8 Å². The molecular formula is C36H47FN6O2Si. The molecule has 3 aromatic carbocycles. The van der Waals surface area contributed by atoms with Crippen molar-refractivity contribution in [2.45, 2.75) is 65.5 Å². The number of nitriles is 1. The lowest BCUT2D eigenvalue weighted by Crippen LogP contribution is -2.31. The second-order valence-corrected chi connectivity index (χ2v) is 19.8. The average Bonchev–Trinajstić information content (AvgIpc) is 3.30. The number of aromatic nitrogens is 2. The standard InChI is InChI=1S/C36H47FN6O2Si/c1-23-13-25(15-27-20-42(5)10-9-29(23)27)36-31-18-30(35-24(2)14-28(17-32(35)37)39-34(44)21-41(3)4)26(19-38)16-33(31)43(40-36)22-45-11-12-46(6,7)8/h13-18,34,39,44H,9-12,20-22H2,1-8H3. The van der Waals surface area contributed by atoms with Gasteiger partial charge in [-0.05, 0) is 106 Å². The Labute approximate surface area is 273 Å². The fourth-order valence-corrected chi connectivity index (χ4v) is 7.07. The van der Waals surface area contributed by atoms with Crippen molar-refractivity contribution in [2.75, 3.05) is 46.2 Å². The molecule has 0 radical (unpaired) electrons. The van der Waals surface area contributed by atoms with E-state index in [1.807, 2.05) is 48.8 Å². The summed E-state index contributed by atoms with van der Waals surface area (Å²) in [5.74, 6) is -0.466. The van der Waals surface area contributed by atoms with Gasteiger partial charge in [0.25, 0.3) is 0 Å². The van der Waals surface area contributed by atoms with E-state index in [0.717, 1.165) is 47.7 Å². The number of ether oxygens (including phenoxy) is 1. The third-order valence-electron chi connectivity index (χ3n) is 8.67. The molecule has 1 aliphatic heterocycles. The van der Waals surface area contributed by atoms with Crippen molar-refractivity contribution >= 4 is 24.7 Å². The maximum atomic E-state index is 16.0. The van der Waals surface area contributed by atoms with Crippen LogP contribution in [0, 0.1) is 31.0 Å². The van der Waals surface area contributed by atoms with E-state index in [2.05, 4.69) is 62.0 Å². The highest BCUT2D eigenvalue weighted by Crippen LogP contribution is 2.39. The number of benzene rings is 3. The maximum absolute atomic E-state index is 16.0. The number of nitrogens with one attached hydrogen (secondary N) is 1. The summed E-state index contributed by atoms with van der Waals surface area (Å²) in [6.45, 7) is 14.2. The van der Waals surface area contributed by atoms with Crippen LogP contribution in [-0.2, 0) is 24.4 Å².